The average molecular weight is 360 g/mol. The van der Waals surface area contributed by atoms with Crippen molar-refractivity contribution in [1.82, 2.24) is 15.6 Å². The molecule has 2 aromatic heterocycles. The zero-order valence-corrected chi connectivity index (χ0v) is 13.6. The number of likely N-dealkylation sites (N-methyl/N-ethyl adjacent to an activating group) is 1. The van der Waals surface area contributed by atoms with Gasteiger partial charge in [0.1, 0.15) is 10.7 Å². The highest BCUT2D eigenvalue weighted by molar-refractivity contribution is 9.10. The van der Waals surface area contributed by atoms with Crippen molar-refractivity contribution in [2.24, 2.45) is 0 Å². The second-order valence-electron chi connectivity index (χ2n) is 3.78. The molecule has 0 aliphatic rings. The fourth-order valence-electron chi connectivity index (χ4n) is 1.45. The predicted molar refractivity (Wildman–Crippen MR) is 84.0 cm³/mol. The van der Waals surface area contributed by atoms with Crippen LogP contribution in [0.1, 0.15) is 17.4 Å². The quantitative estimate of drug-likeness (QED) is 0.779. The van der Waals surface area contributed by atoms with Crippen molar-refractivity contribution in [3.63, 3.8) is 0 Å². The Morgan fingerprint density at radius 3 is 2.89 bits per heavy atom. The van der Waals surface area contributed by atoms with E-state index in [1.165, 1.54) is 11.3 Å². The van der Waals surface area contributed by atoms with Crippen molar-refractivity contribution in [3.8, 4) is 9.88 Å². The molecule has 1 amide bonds. The lowest BCUT2D eigenvalue weighted by Gasteiger charge is -2.02. The lowest BCUT2D eigenvalue weighted by atomic mass is 10.4. The molecule has 0 fully saturated rings. The molecule has 0 unspecified atom stereocenters. The molecule has 0 saturated carbocycles. The van der Waals surface area contributed by atoms with Gasteiger partial charge in [0.15, 0.2) is 0 Å². The lowest BCUT2D eigenvalue weighted by Crippen LogP contribution is -2.31. The normalized spacial score (nSPS) is 10.6. The molecule has 0 radical (unpaired) electrons. The second kappa shape index (κ2) is 7.14. The van der Waals surface area contributed by atoms with Crippen LogP contribution in [0.4, 0.5) is 0 Å². The van der Waals surface area contributed by atoms with Gasteiger partial charge in [-0.2, -0.15) is 0 Å². The third-order valence-corrected chi connectivity index (χ3v) is 5.05. The van der Waals surface area contributed by atoms with Gasteiger partial charge in [-0.25, -0.2) is 4.98 Å². The molecule has 0 saturated heterocycles. The van der Waals surface area contributed by atoms with Crippen LogP contribution in [0.15, 0.2) is 21.3 Å². The van der Waals surface area contributed by atoms with Gasteiger partial charge in [-0.1, -0.05) is 6.92 Å². The number of carbonyl (C=O) groups is 1. The molecule has 0 spiro atoms. The maximum atomic E-state index is 11.9. The summed E-state index contributed by atoms with van der Waals surface area (Å²) < 4.78 is 1.04. The number of thiazole rings is 1. The first-order valence-electron chi connectivity index (χ1n) is 5.89. The molecule has 2 N–H and O–H groups in total. The summed E-state index contributed by atoms with van der Waals surface area (Å²) in [5, 5.41) is 10.7. The van der Waals surface area contributed by atoms with E-state index in [4.69, 9.17) is 0 Å². The van der Waals surface area contributed by atoms with Crippen LogP contribution in [-0.2, 0) is 0 Å². The molecule has 0 aliphatic heterocycles. The van der Waals surface area contributed by atoms with Gasteiger partial charge in [-0.3, -0.25) is 4.79 Å². The Hall–Kier alpha value is -0.760. The number of halogens is 1. The minimum Gasteiger partial charge on any atom is -0.349 e. The van der Waals surface area contributed by atoms with E-state index in [1.54, 1.807) is 16.7 Å². The number of amides is 1. The van der Waals surface area contributed by atoms with Gasteiger partial charge in [-0.05, 0) is 28.5 Å². The van der Waals surface area contributed by atoms with Gasteiger partial charge in [0.05, 0.1) is 4.88 Å². The monoisotopic (exact) mass is 359 g/mol. The molecule has 0 bridgehead atoms. The van der Waals surface area contributed by atoms with E-state index in [0.29, 0.717) is 12.2 Å². The van der Waals surface area contributed by atoms with Gasteiger partial charge in [0, 0.05) is 28.3 Å². The van der Waals surface area contributed by atoms with Crippen molar-refractivity contribution in [2.45, 2.75) is 6.92 Å². The van der Waals surface area contributed by atoms with Crippen LogP contribution in [-0.4, -0.2) is 30.5 Å². The van der Waals surface area contributed by atoms with E-state index >= 15 is 0 Å². The standard InChI is InChI=1S/C12H14BrN3OS2/c1-2-14-3-4-15-11(17)9-7-19-12(16-9)10-5-8(13)6-18-10/h5-7,14H,2-4H2,1H3,(H,15,17). The first-order valence-corrected chi connectivity index (χ1v) is 8.44. The fourth-order valence-corrected chi connectivity index (χ4v) is 3.76. The minimum absolute atomic E-state index is 0.115. The summed E-state index contributed by atoms with van der Waals surface area (Å²) >= 11 is 6.52. The highest BCUT2D eigenvalue weighted by atomic mass is 79.9. The van der Waals surface area contributed by atoms with Gasteiger partial charge >= 0.3 is 0 Å². The summed E-state index contributed by atoms with van der Waals surface area (Å²) in [6.07, 6.45) is 0. The Kier molecular flexibility index (Phi) is 5.50. The van der Waals surface area contributed by atoms with Crippen LogP contribution in [0.2, 0.25) is 0 Å². The number of carbonyl (C=O) groups excluding carboxylic acids is 1. The molecule has 0 aromatic carbocycles. The highest BCUT2D eigenvalue weighted by Gasteiger charge is 2.12. The van der Waals surface area contributed by atoms with E-state index < -0.39 is 0 Å². The lowest BCUT2D eigenvalue weighted by molar-refractivity contribution is 0.0950. The van der Waals surface area contributed by atoms with E-state index in [2.05, 4.69) is 31.5 Å². The van der Waals surface area contributed by atoms with Crippen molar-refractivity contribution >= 4 is 44.5 Å². The van der Waals surface area contributed by atoms with E-state index in [-0.39, 0.29) is 5.91 Å². The summed E-state index contributed by atoms with van der Waals surface area (Å²) in [6, 6.07) is 2.01. The number of hydrogen-bond acceptors (Lipinski definition) is 5. The predicted octanol–water partition coefficient (Wildman–Crippen LogP) is 2.97. The molecule has 102 valence electrons. The molecule has 7 heteroatoms. The average Bonchev–Trinajstić information content (AvgIpc) is 3.02. The Morgan fingerprint density at radius 2 is 2.21 bits per heavy atom. The summed E-state index contributed by atoms with van der Waals surface area (Å²) in [4.78, 5) is 17.3. The van der Waals surface area contributed by atoms with E-state index in [9.17, 15) is 4.79 Å². The fraction of sp³-hybridized carbons (Fsp3) is 0.333. The SMILES string of the molecule is CCNCCNC(=O)c1csc(-c2cc(Br)cs2)n1. The summed E-state index contributed by atoms with van der Waals surface area (Å²) in [5.41, 5.74) is 0.487. The Labute approximate surface area is 128 Å². The topological polar surface area (TPSA) is 54.0 Å². The number of aromatic nitrogens is 1. The van der Waals surface area contributed by atoms with Crippen LogP contribution in [0.3, 0.4) is 0 Å². The Balaban J connectivity index is 1.95. The zero-order chi connectivity index (χ0) is 13.7. The molecule has 0 atom stereocenters. The van der Waals surface area contributed by atoms with Crippen LogP contribution in [0, 0.1) is 0 Å². The summed E-state index contributed by atoms with van der Waals surface area (Å²) in [7, 11) is 0. The van der Waals surface area contributed by atoms with Gasteiger partial charge in [-0.15, -0.1) is 22.7 Å². The number of hydrogen-bond donors (Lipinski definition) is 2. The van der Waals surface area contributed by atoms with E-state index in [1.807, 2.05) is 18.4 Å². The largest absolute Gasteiger partial charge is 0.349 e. The highest BCUT2D eigenvalue weighted by Crippen LogP contribution is 2.31. The minimum atomic E-state index is -0.115. The number of nitrogens with zero attached hydrogens (tertiary/aromatic N) is 1. The zero-order valence-electron chi connectivity index (χ0n) is 10.4. The second-order valence-corrected chi connectivity index (χ2v) is 6.46. The molecule has 2 rings (SSSR count). The molecule has 2 aromatic rings. The van der Waals surface area contributed by atoms with Crippen LogP contribution < -0.4 is 10.6 Å². The molecule has 4 nitrogen and oxygen atoms in total. The number of thiophene rings is 1. The maximum Gasteiger partial charge on any atom is 0.270 e. The third-order valence-electron chi connectivity index (χ3n) is 2.35. The van der Waals surface area contributed by atoms with Crippen LogP contribution in [0.25, 0.3) is 9.88 Å². The maximum absolute atomic E-state index is 11.9. The Bertz CT molecular complexity index is 553. The number of rotatable bonds is 6. The van der Waals surface area contributed by atoms with Crippen molar-refractivity contribution in [3.05, 3.63) is 27.0 Å². The van der Waals surface area contributed by atoms with Crippen molar-refractivity contribution < 1.29 is 4.79 Å². The summed E-state index contributed by atoms with van der Waals surface area (Å²) in [5.74, 6) is -0.115. The summed E-state index contributed by atoms with van der Waals surface area (Å²) in [6.45, 7) is 4.33. The Morgan fingerprint density at radius 1 is 1.37 bits per heavy atom. The van der Waals surface area contributed by atoms with Crippen molar-refractivity contribution in [2.75, 3.05) is 19.6 Å². The molecule has 0 aliphatic carbocycles. The smallest absolute Gasteiger partial charge is 0.270 e. The van der Waals surface area contributed by atoms with Gasteiger partial charge < -0.3 is 10.6 Å². The van der Waals surface area contributed by atoms with Crippen LogP contribution >= 0.6 is 38.6 Å². The van der Waals surface area contributed by atoms with Crippen molar-refractivity contribution in [1.29, 1.82) is 0 Å². The van der Waals surface area contributed by atoms with Gasteiger partial charge in [0.25, 0.3) is 5.91 Å². The number of nitrogens with one attached hydrogen (secondary N) is 2. The van der Waals surface area contributed by atoms with Crippen LogP contribution in [0.5, 0.6) is 0 Å². The molecular formula is C12H14BrN3OS2. The first-order chi connectivity index (χ1) is 9.20. The molecular weight excluding hydrogens is 346 g/mol. The third kappa shape index (κ3) is 4.10. The van der Waals surface area contributed by atoms with Gasteiger partial charge in [0.2, 0.25) is 0 Å². The first kappa shape index (κ1) is 14.6. The molecule has 19 heavy (non-hydrogen) atoms. The molecule has 2 heterocycles. The van der Waals surface area contributed by atoms with E-state index in [0.717, 1.165) is 27.4 Å².